The summed E-state index contributed by atoms with van der Waals surface area (Å²) in [5.41, 5.74) is 6.87. The first kappa shape index (κ1) is 12.5. The second kappa shape index (κ2) is 6.09. The number of benzene rings is 1. The fraction of sp³-hybridized carbons (Fsp3) is 0.500. The zero-order chi connectivity index (χ0) is 11.3. The molecule has 0 bridgehead atoms. The monoisotopic (exact) mass is 229 g/mol. The minimum atomic E-state index is -0.290. The highest BCUT2D eigenvalue weighted by Crippen LogP contribution is 2.19. The summed E-state index contributed by atoms with van der Waals surface area (Å²) in [5, 5.41) is 0.499. The van der Waals surface area contributed by atoms with Gasteiger partial charge in [0.2, 0.25) is 0 Å². The molecule has 1 aromatic carbocycles. The maximum absolute atomic E-state index is 12.8. The van der Waals surface area contributed by atoms with Gasteiger partial charge in [0.05, 0.1) is 0 Å². The summed E-state index contributed by atoms with van der Waals surface area (Å²) in [6.07, 6.45) is 3.84. The Labute approximate surface area is 95.4 Å². The van der Waals surface area contributed by atoms with Crippen LogP contribution in [0.5, 0.6) is 0 Å². The molecule has 0 radical (unpaired) electrons. The summed E-state index contributed by atoms with van der Waals surface area (Å²) in [6.45, 7) is 2.12. The highest BCUT2D eigenvalue weighted by molar-refractivity contribution is 6.31. The summed E-state index contributed by atoms with van der Waals surface area (Å²) in [4.78, 5) is 0. The van der Waals surface area contributed by atoms with E-state index in [1.54, 1.807) is 6.07 Å². The number of hydrogen-bond donors (Lipinski definition) is 1. The first-order valence-corrected chi connectivity index (χ1v) is 5.70. The summed E-state index contributed by atoms with van der Waals surface area (Å²) in [7, 11) is 0. The molecule has 0 aliphatic carbocycles. The average Bonchev–Trinajstić information content (AvgIpc) is 2.17. The van der Waals surface area contributed by atoms with E-state index >= 15 is 0 Å². The van der Waals surface area contributed by atoms with E-state index in [2.05, 4.69) is 6.92 Å². The van der Waals surface area contributed by atoms with E-state index < -0.39 is 0 Å². The zero-order valence-electron chi connectivity index (χ0n) is 8.97. The third kappa shape index (κ3) is 4.18. The first-order valence-electron chi connectivity index (χ1n) is 5.33. The van der Waals surface area contributed by atoms with Gasteiger partial charge >= 0.3 is 0 Å². The van der Waals surface area contributed by atoms with E-state index in [1.165, 1.54) is 12.1 Å². The van der Waals surface area contributed by atoms with Gasteiger partial charge in [-0.15, -0.1) is 0 Å². The molecule has 84 valence electrons. The van der Waals surface area contributed by atoms with Crippen LogP contribution < -0.4 is 5.73 Å². The Hall–Kier alpha value is -0.600. The maximum Gasteiger partial charge on any atom is 0.124 e. The molecule has 0 fully saturated rings. The molecule has 0 saturated carbocycles. The van der Waals surface area contributed by atoms with Crippen LogP contribution in [0, 0.1) is 5.82 Å². The molecule has 15 heavy (non-hydrogen) atoms. The molecule has 0 amide bonds. The minimum Gasteiger partial charge on any atom is -0.328 e. The molecule has 0 saturated heterocycles. The lowest BCUT2D eigenvalue weighted by Crippen LogP contribution is -2.20. The van der Waals surface area contributed by atoms with Crippen molar-refractivity contribution < 1.29 is 4.39 Å². The molecule has 1 nitrogen and oxygen atoms in total. The second-order valence-electron chi connectivity index (χ2n) is 3.82. The van der Waals surface area contributed by atoms with Crippen LogP contribution in [0.15, 0.2) is 18.2 Å². The Morgan fingerprint density at radius 3 is 2.73 bits per heavy atom. The van der Waals surface area contributed by atoms with E-state index in [1.807, 2.05) is 0 Å². The molecule has 0 heterocycles. The fourth-order valence-electron chi connectivity index (χ4n) is 1.58. The van der Waals surface area contributed by atoms with Crippen molar-refractivity contribution in [3.8, 4) is 0 Å². The van der Waals surface area contributed by atoms with Gasteiger partial charge in [-0.2, -0.15) is 0 Å². The molecular formula is C12H17ClFN. The molecule has 1 aromatic rings. The molecule has 0 aliphatic heterocycles. The van der Waals surface area contributed by atoms with Crippen molar-refractivity contribution in [3.05, 3.63) is 34.6 Å². The number of halogens is 2. The Balaban J connectivity index is 2.50. The highest BCUT2D eigenvalue weighted by atomic mass is 35.5. The fourth-order valence-corrected chi connectivity index (χ4v) is 1.84. The van der Waals surface area contributed by atoms with Gasteiger partial charge in [-0.05, 0) is 37.0 Å². The van der Waals surface area contributed by atoms with E-state index in [0.29, 0.717) is 5.02 Å². The Kier molecular flexibility index (Phi) is 5.06. The van der Waals surface area contributed by atoms with Crippen LogP contribution in [0.4, 0.5) is 4.39 Å². The lowest BCUT2D eigenvalue weighted by atomic mass is 10.0. The molecule has 0 spiro atoms. The molecular weight excluding hydrogens is 213 g/mol. The van der Waals surface area contributed by atoms with Gasteiger partial charge in [0.1, 0.15) is 5.82 Å². The van der Waals surface area contributed by atoms with Crippen LogP contribution in [0.25, 0.3) is 0 Å². The second-order valence-corrected chi connectivity index (χ2v) is 4.23. The summed E-state index contributed by atoms with van der Waals surface area (Å²) < 4.78 is 12.8. The third-order valence-electron chi connectivity index (χ3n) is 2.46. The standard InChI is InChI=1S/C12H17ClFN/c1-2-3-11(15)7-5-9-4-6-10(14)8-12(9)13/h4,6,8,11H,2-3,5,7,15H2,1H3. The van der Waals surface area contributed by atoms with Crippen LogP contribution in [0.1, 0.15) is 31.7 Å². The predicted octanol–water partition coefficient (Wildman–Crippen LogP) is 3.54. The van der Waals surface area contributed by atoms with Crippen LogP contribution in [-0.2, 0) is 6.42 Å². The maximum atomic E-state index is 12.8. The minimum absolute atomic E-state index is 0.219. The molecule has 0 aromatic heterocycles. The van der Waals surface area contributed by atoms with Crippen LogP contribution >= 0.6 is 11.6 Å². The third-order valence-corrected chi connectivity index (χ3v) is 2.81. The van der Waals surface area contributed by atoms with Gasteiger partial charge in [0.25, 0.3) is 0 Å². The zero-order valence-corrected chi connectivity index (χ0v) is 9.73. The molecule has 3 heteroatoms. The average molecular weight is 230 g/mol. The first-order chi connectivity index (χ1) is 7.13. The molecule has 0 aliphatic rings. The van der Waals surface area contributed by atoms with Gasteiger partial charge in [-0.3, -0.25) is 0 Å². The van der Waals surface area contributed by atoms with Gasteiger partial charge in [-0.25, -0.2) is 4.39 Å². The number of aryl methyl sites for hydroxylation is 1. The number of rotatable bonds is 5. The predicted molar refractivity (Wildman–Crippen MR) is 62.6 cm³/mol. The Morgan fingerprint density at radius 2 is 2.13 bits per heavy atom. The highest BCUT2D eigenvalue weighted by Gasteiger charge is 2.05. The van der Waals surface area contributed by atoms with Crippen molar-refractivity contribution in [1.82, 2.24) is 0 Å². The normalized spacial score (nSPS) is 12.8. The molecule has 2 N–H and O–H groups in total. The lowest BCUT2D eigenvalue weighted by molar-refractivity contribution is 0.560. The largest absolute Gasteiger partial charge is 0.328 e. The lowest BCUT2D eigenvalue weighted by Gasteiger charge is -2.10. The Morgan fingerprint density at radius 1 is 1.40 bits per heavy atom. The van der Waals surface area contributed by atoms with E-state index in [9.17, 15) is 4.39 Å². The molecule has 1 rings (SSSR count). The number of hydrogen-bond acceptors (Lipinski definition) is 1. The van der Waals surface area contributed by atoms with Crippen molar-refractivity contribution in [2.45, 2.75) is 38.6 Å². The van der Waals surface area contributed by atoms with Crippen molar-refractivity contribution in [2.24, 2.45) is 5.73 Å². The summed E-state index contributed by atoms with van der Waals surface area (Å²) >= 11 is 5.91. The van der Waals surface area contributed by atoms with E-state index in [0.717, 1.165) is 31.2 Å². The smallest absolute Gasteiger partial charge is 0.124 e. The van der Waals surface area contributed by atoms with Crippen molar-refractivity contribution in [3.63, 3.8) is 0 Å². The van der Waals surface area contributed by atoms with Crippen LogP contribution in [-0.4, -0.2) is 6.04 Å². The van der Waals surface area contributed by atoms with Gasteiger partial charge in [0.15, 0.2) is 0 Å². The van der Waals surface area contributed by atoms with E-state index in [-0.39, 0.29) is 11.9 Å². The SMILES string of the molecule is CCCC(N)CCc1ccc(F)cc1Cl. The van der Waals surface area contributed by atoms with Crippen molar-refractivity contribution in [2.75, 3.05) is 0 Å². The van der Waals surface area contributed by atoms with Gasteiger partial charge in [0, 0.05) is 11.1 Å². The molecule has 1 atom stereocenters. The van der Waals surface area contributed by atoms with Gasteiger partial charge < -0.3 is 5.73 Å². The van der Waals surface area contributed by atoms with E-state index in [4.69, 9.17) is 17.3 Å². The van der Waals surface area contributed by atoms with Crippen LogP contribution in [0.3, 0.4) is 0 Å². The van der Waals surface area contributed by atoms with Gasteiger partial charge in [-0.1, -0.05) is 31.0 Å². The summed E-state index contributed by atoms with van der Waals surface area (Å²) in [6, 6.07) is 4.74. The summed E-state index contributed by atoms with van der Waals surface area (Å²) in [5.74, 6) is -0.290. The van der Waals surface area contributed by atoms with Crippen molar-refractivity contribution in [1.29, 1.82) is 0 Å². The topological polar surface area (TPSA) is 26.0 Å². The Bertz CT molecular complexity index is 314. The quantitative estimate of drug-likeness (QED) is 0.821. The van der Waals surface area contributed by atoms with Crippen LogP contribution in [0.2, 0.25) is 5.02 Å². The number of nitrogens with two attached hydrogens (primary N) is 1. The molecule has 1 unspecified atom stereocenters. The van der Waals surface area contributed by atoms with Crippen molar-refractivity contribution >= 4 is 11.6 Å².